The lowest BCUT2D eigenvalue weighted by Crippen LogP contribution is -2.40. The molecule has 0 radical (unpaired) electrons. The number of benzene rings is 3. The van der Waals surface area contributed by atoms with E-state index < -0.39 is 11.7 Å². The summed E-state index contributed by atoms with van der Waals surface area (Å²) in [7, 11) is 0. The van der Waals surface area contributed by atoms with Crippen molar-refractivity contribution in [2.24, 2.45) is 5.92 Å². The van der Waals surface area contributed by atoms with Crippen LogP contribution in [0.5, 0.6) is 0 Å². The Balaban J connectivity index is 1.80. The summed E-state index contributed by atoms with van der Waals surface area (Å²) in [5.74, 6) is -0.0914. The van der Waals surface area contributed by atoms with Gasteiger partial charge >= 0.3 is 6.09 Å². The first-order valence-corrected chi connectivity index (χ1v) is 16.1. The van der Waals surface area contributed by atoms with Gasteiger partial charge in [-0.3, -0.25) is 9.59 Å². The molecular weight excluding hydrogens is 568 g/mol. The zero-order chi connectivity index (χ0) is 32.0. The lowest BCUT2D eigenvalue weighted by Gasteiger charge is -2.36. The monoisotopic (exact) mass is 612 g/mol. The Morgan fingerprint density at radius 2 is 1.59 bits per heavy atom. The van der Waals surface area contributed by atoms with Crippen LogP contribution in [-0.2, 0) is 11.2 Å². The molecule has 1 aromatic heterocycles. The number of aryl methyl sites for hydroxylation is 2. The van der Waals surface area contributed by atoms with Crippen molar-refractivity contribution in [3.8, 4) is 0 Å². The number of rotatable bonds is 10. The van der Waals surface area contributed by atoms with Crippen LogP contribution in [0.4, 0.5) is 4.79 Å². The Hall–Kier alpha value is -3.97. The number of hydrogen-bond donors (Lipinski definition) is 1. The highest BCUT2D eigenvalue weighted by molar-refractivity contribution is 7.18. The summed E-state index contributed by atoms with van der Waals surface area (Å²) in [6.45, 7) is 14.4. The number of fused-ring (bicyclic) bond motifs is 1. The molecule has 7 heteroatoms. The molecule has 0 aliphatic rings. The fraction of sp³-hybridized carbons (Fsp3) is 0.378. The van der Waals surface area contributed by atoms with Crippen LogP contribution in [0.25, 0.3) is 10.1 Å². The van der Waals surface area contributed by atoms with Crippen molar-refractivity contribution in [1.82, 2.24) is 10.2 Å². The van der Waals surface area contributed by atoms with Gasteiger partial charge in [0.1, 0.15) is 5.60 Å². The highest BCUT2D eigenvalue weighted by atomic mass is 32.1. The molecule has 6 nitrogen and oxygen atoms in total. The van der Waals surface area contributed by atoms with E-state index in [4.69, 9.17) is 4.74 Å². The minimum atomic E-state index is -0.596. The summed E-state index contributed by atoms with van der Waals surface area (Å²) in [5, 5.41) is 3.53. The maximum Gasteiger partial charge on any atom is 0.407 e. The molecule has 1 unspecified atom stereocenters. The van der Waals surface area contributed by atoms with Gasteiger partial charge in [0, 0.05) is 45.6 Å². The largest absolute Gasteiger partial charge is 0.444 e. The molecule has 0 aliphatic heterocycles. The van der Waals surface area contributed by atoms with E-state index in [-0.39, 0.29) is 23.3 Å². The number of nitrogens with one attached hydrogen (secondary N) is 1. The van der Waals surface area contributed by atoms with E-state index >= 15 is 0 Å². The number of amides is 2. The summed E-state index contributed by atoms with van der Waals surface area (Å²) in [6, 6.07) is 23.2. The smallest absolute Gasteiger partial charge is 0.407 e. The quantitative estimate of drug-likeness (QED) is 0.183. The van der Waals surface area contributed by atoms with Gasteiger partial charge in [-0.15, -0.1) is 11.3 Å². The van der Waals surface area contributed by atoms with Crippen molar-refractivity contribution < 1.29 is 14.3 Å². The van der Waals surface area contributed by atoms with Crippen LogP contribution in [0, 0.1) is 19.8 Å². The van der Waals surface area contributed by atoms with Crippen molar-refractivity contribution in [3.63, 3.8) is 0 Å². The molecule has 0 aliphatic carbocycles. The summed E-state index contributed by atoms with van der Waals surface area (Å²) in [6.07, 6.45) is 0.517. The van der Waals surface area contributed by atoms with E-state index in [9.17, 15) is 14.4 Å². The van der Waals surface area contributed by atoms with Gasteiger partial charge in [-0.1, -0.05) is 67.9 Å². The normalized spacial score (nSPS) is 12.3. The zero-order valence-electron chi connectivity index (χ0n) is 26.9. The molecule has 2 amide bonds. The molecule has 0 bridgehead atoms. The third kappa shape index (κ3) is 8.35. The molecule has 3 aromatic carbocycles. The summed E-state index contributed by atoms with van der Waals surface area (Å²) >= 11 is 1.61. The van der Waals surface area contributed by atoms with E-state index in [1.165, 1.54) is 0 Å². The molecular formula is C37H44N2O4S. The van der Waals surface area contributed by atoms with Gasteiger partial charge in [0.05, 0.1) is 6.04 Å². The van der Waals surface area contributed by atoms with Gasteiger partial charge < -0.3 is 15.0 Å². The zero-order valence-corrected chi connectivity index (χ0v) is 27.7. The van der Waals surface area contributed by atoms with Crippen molar-refractivity contribution in [1.29, 1.82) is 0 Å². The van der Waals surface area contributed by atoms with Gasteiger partial charge in [0.25, 0.3) is 5.91 Å². The SMILES string of the molecule is Cc1ccc(C(=O)N(CCCNC(=O)OC(C)(C)C)C(c2sc3cc(C)ccc3c(=O)c2Cc2ccccc2)C(C)C)cc1. The fourth-order valence-corrected chi connectivity index (χ4v) is 6.91. The fourth-order valence-electron chi connectivity index (χ4n) is 5.35. The second-order valence-corrected chi connectivity index (χ2v) is 13.9. The van der Waals surface area contributed by atoms with E-state index in [1.807, 2.05) is 106 Å². The van der Waals surface area contributed by atoms with Crippen molar-refractivity contribution in [2.75, 3.05) is 13.1 Å². The summed E-state index contributed by atoms with van der Waals surface area (Å²) < 4.78 is 6.32. The first-order chi connectivity index (χ1) is 20.8. The third-order valence-corrected chi connectivity index (χ3v) is 8.70. The first-order valence-electron chi connectivity index (χ1n) is 15.3. The Labute approximate surface area is 265 Å². The van der Waals surface area contributed by atoms with Gasteiger partial charge in [-0.25, -0.2) is 4.79 Å². The minimum Gasteiger partial charge on any atom is -0.444 e. The summed E-state index contributed by atoms with van der Waals surface area (Å²) in [5.41, 5.74) is 3.93. The van der Waals surface area contributed by atoms with Crippen LogP contribution in [-0.4, -0.2) is 35.6 Å². The number of ether oxygens (including phenoxy) is 1. The highest BCUT2D eigenvalue weighted by Gasteiger charge is 2.32. The highest BCUT2D eigenvalue weighted by Crippen LogP contribution is 2.38. The number of nitrogens with zero attached hydrogens (tertiary/aromatic N) is 1. The standard InChI is InChI=1S/C37H44N2O4S/c1-24(2)32(34-30(23-27-12-9-8-10-13-27)33(40)29-19-16-26(4)22-31(29)44-34)39(35(41)28-17-14-25(3)15-18-28)21-11-20-38-36(42)43-37(5,6)7/h8-10,12-19,22,24,32H,11,20-21,23H2,1-7H3,(H,38,42). The lowest BCUT2D eigenvalue weighted by molar-refractivity contribution is 0.0521. The molecule has 1 N–H and O–H groups in total. The molecule has 0 spiro atoms. The number of alkyl carbamates (subject to hydrolysis) is 1. The molecule has 4 rings (SSSR count). The molecule has 1 atom stereocenters. The maximum absolute atomic E-state index is 14.3. The van der Waals surface area contributed by atoms with E-state index in [0.29, 0.717) is 36.9 Å². The van der Waals surface area contributed by atoms with E-state index in [0.717, 1.165) is 31.8 Å². The average Bonchev–Trinajstić information content (AvgIpc) is 2.95. The Bertz CT molecular complexity index is 1650. The molecule has 232 valence electrons. The first kappa shape index (κ1) is 32.9. The molecule has 0 saturated carbocycles. The Morgan fingerprint density at radius 1 is 0.932 bits per heavy atom. The van der Waals surface area contributed by atoms with Crippen LogP contribution in [0.15, 0.2) is 77.6 Å². The van der Waals surface area contributed by atoms with E-state index in [2.05, 4.69) is 25.2 Å². The van der Waals surface area contributed by atoms with Gasteiger partial charge in [-0.05, 0) is 82.3 Å². The molecule has 0 fully saturated rings. The second kappa shape index (κ2) is 14.2. The van der Waals surface area contributed by atoms with Gasteiger partial charge in [-0.2, -0.15) is 0 Å². The Kier molecular flexibility index (Phi) is 10.6. The molecule has 44 heavy (non-hydrogen) atoms. The average molecular weight is 613 g/mol. The number of carbonyl (C=O) groups excluding carboxylic acids is 2. The van der Waals surface area contributed by atoms with Gasteiger partial charge in [0.15, 0.2) is 5.43 Å². The van der Waals surface area contributed by atoms with Crippen molar-refractivity contribution in [3.05, 3.63) is 116 Å². The maximum atomic E-state index is 14.3. The van der Waals surface area contributed by atoms with Crippen molar-refractivity contribution in [2.45, 2.75) is 73.0 Å². The van der Waals surface area contributed by atoms with Crippen molar-refractivity contribution >= 4 is 33.4 Å². The summed E-state index contributed by atoms with van der Waals surface area (Å²) in [4.78, 5) is 43.6. The van der Waals surface area contributed by atoms with Crippen LogP contribution >= 0.6 is 11.3 Å². The van der Waals surface area contributed by atoms with Crippen LogP contribution in [0.1, 0.15) is 84.6 Å². The minimum absolute atomic E-state index is 0.00986. The number of hydrogen-bond acceptors (Lipinski definition) is 5. The predicted octanol–water partition coefficient (Wildman–Crippen LogP) is 8.22. The third-order valence-electron chi connectivity index (χ3n) is 7.44. The topological polar surface area (TPSA) is 75.7 Å². The van der Waals surface area contributed by atoms with Crippen LogP contribution in [0.3, 0.4) is 0 Å². The number of carbonyl (C=O) groups is 2. The van der Waals surface area contributed by atoms with Gasteiger partial charge in [0.2, 0.25) is 0 Å². The lowest BCUT2D eigenvalue weighted by atomic mass is 9.93. The second-order valence-electron chi connectivity index (χ2n) is 12.8. The molecule has 0 saturated heterocycles. The van der Waals surface area contributed by atoms with Crippen LogP contribution in [0.2, 0.25) is 0 Å². The Morgan fingerprint density at radius 3 is 2.23 bits per heavy atom. The molecule has 4 aromatic rings. The van der Waals surface area contributed by atoms with Crippen LogP contribution < -0.4 is 10.7 Å². The predicted molar refractivity (Wildman–Crippen MR) is 181 cm³/mol. The molecule has 1 heterocycles. The van der Waals surface area contributed by atoms with E-state index in [1.54, 1.807) is 11.3 Å².